The van der Waals surface area contributed by atoms with Gasteiger partial charge in [-0.3, -0.25) is 0 Å². The normalized spacial score (nSPS) is 10.0. The lowest BCUT2D eigenvalue weighted by Gasteiger charge is -2.01. The van der Waals surface area contributed by atoms with Gasteiger partial charge in [-0.1, -0.05) is 12.8 Å². The molecule has 0 saturated carbocycles. The van der Waals surface area contributed by atoms with E-state index >= 15 is 0 Å². The summed E-state index contributed by atoms with van der Waals surface area (Å²) < 4.78 is 1.80. The lowest BCUT2D eigenvalue weighted by Crippen LogP contribution is -2.02. The van der Waals surface area contributed by atoms with Crippen LogP contribution in [0, 0.1) is 12.3 Å². The molecule has 0 saturated heterocycles. The van der Waals surface area contributed by atoms with Gasteiger partial charge in [0.25, 0.3) is 0 Å². The smallest absolute Gasteiger partial charge is 0.127 e. The molecule has 3 nitrogen and oxygen atoms in total. The van der Waals surface area contributed by atoms with Crippen molar-refractivity contribution in [1.82, 2.24) is 9.55 Å². The number of nitrogen functional groups attached to an aromatic ring is 1. The highest BCUT2D eigenvalue weighted by Gasteiger charge is 2.05. The van der Waals surface area contributed by atoms with Crippen LogP contribution in [-0.2, 0) is 13.0 Å². The number of nitrogens with two attached hydrogens (primary N) is 1. The van der Waals surface area contributed by atoms with Gasteiger partial charge < -0.3 is 10.3 Å². The fourth-order valence-corrected chi connectivity index (χ4v) is 1.79. The molecule has 0 aliphatic rings. The van der Waals surface area contributed by atoms with Crippen LogP contribution >= 0.6 is 11.8 Å². The number of aryl methyl sites for hydroxylation is 1. The molecular weight excluding hydrogens is 194 g/mol. The number of hydrogen-bond acceptors (Lipinski definition) is 3. The minimum Gasteiger partial charge on any atom is -0.384 e. The Kier molecular flexibility index (Phi) is 4.41. The molecule has 4 heteroatoms. The molecule has 76 valence electrons. The summed E-state index contributed by atoms with van der Waals surface area (Å²) in [5.41, 5.74) is 6.83. The molecule has 1 aromatic heterocycles. The zero-order chi connectivity index (χ0) is 10.4. The molecule has 1 heterocycles. The predicted octanol–water partition coefficient (Wildman–Crippen LogP) is 1.39. The molecule has 0 radical (unpaired) electrons. The number of anilines is 1. The van der Waals surface area contributed by atoms with Gasteiger partial charge in [-0.05, 0) is 11.5 Å². The van der Waals surface area contributed by atoms with Crippen LogP contribution in [0.5, 0.6) is 0 Å². The van der Waals surface area contributed by atoms with E-state index < -0.39 is 0 Å². The molecule has 0 amide bonds. The number of hydrogen-bond donors (Lipinski definition) is 1. The van der Waals surface area contributed by atoms with Crippen LogP contribution in [0.3, 0.4) is 0 Å². The van der Waals surface area contributed by atoms with Crippen molar-refractivity contribution in [3.05, 3.63) is 12.0 Å². The molecule has 14 heavy (non-hydrogen) atoms. The molecule has 0 unspecified atom stereocenters. The lowest BCUT2D eigenvalue weighted by atomic mass is 10.3. The maximum atomic E-state index is 5.87. The maximum absolute atomic E-state index is 5.87. The zero-order valence-electron chi connectivity index (χ0n) is 8.36. The van der Waals surface area contributed by atoms with Crippen LogP contribution in [0.2, 0.25) is 0 Å². The van der Waals surface area contributed by atoms with Gasteiger partial charge in [-0.15, -0.1) is 6.42 Å². The van der Waals surface area contributed by atoms with Gasteiger partial charge in [0.1, 0.15) is 5.82 Å². The van der Waals surface area contributed by atoms with E-state index in [1.54, 1.807) is 10.9 Å². The van der Waals surface area contributed by atoms with E-state index in [1.165, 1.54) is 0 Å². The molecule has 0 atom stereocenters. The monoisotopic (exact) mass is 209 g/mol. The average Bonchev–Trinajstić information content (AvgIpc) is 2.51. The summed E-state index contributed by atoms with van der Waals surface area (Å²) in [6, 6.07) is 0. The van der Waals surface area contributed by atoms with Gasteiger partial charge in [0, 0.05) is 6.42 Å². The van der Waals surface area contributed by atoms with Crippen LogP contribution in [0.4, 0.5) is 5.82 Å². The van der Waals surface area contributed by atoms with Crippen molar-refractivity contribution < 1.29 is 0 Å². The van der Waals surface area contributed by atoms with Gasteiger partial charge in [-0.25, -0.2) is 4.98 Å². The molecule has 1 aromatic rings. The Morgan fingerprint density at radius 2 is 2.50 bits per heavy atom. The second-order valence-electron chi connectivity index (χ2n) is 2.86. The molecule has 0 spiro atoms. The largest absolute Gasteiger partial charge is 0.384 e. The number of imidazole rings is 1. The van der Waals surface area contributed by atoms with Crippen molar-refractivity contribution in [3.63, 3.8) is 0 Å². The van der Waals surface area contributed by atoms with Gasteiger partial charge in [0.2, 0.25) is 0 Å². The van der Waals surface area contributed by atoms with Gasteiger partial charge in [0.05, 0.1) is 18.6 Å². The highest BCUT2D eigenvalue weighted by molar-refractivity contribution is 7.99. The van der Waals surface area contributed by atoms with Gasteiger partial charge >= 0.3 is 0 Å². The first kappa shape index (κ1) is 11.0. The summed E-state index contributed by atoms with van der Waals surface area (Å²) in [6.07, 6.45) is 7.83. The third-order valence-corrected chi connectivity index (χ3v) is 2.81. The highest BCUT2D eigenvalue weighted by Crippen LogP contribution is 2.12. The quantitative estimate of drug-likeness (QED) is 0.589. The summed E-state index contributed by atoms with van der Waals surface area (Å²) in [7, 11) is 0. The molecule has 0 aliphatic heterocycles. The number of rotatable bonds is 5. The molecular formula is C10H15N3S. The van der Waals surface area contributed by atoms with Crippen LogP contribution < -0.4 is 5.73 Å². The summed E-state index contributed by atoms with van der Waals surface area (Å²) in [4.78, 5) is 4.24. The maximum Gasteiger partial charge on any atom is 0.127 e. The fraction of sp³-hybridized carbons (Fsp3) is 0.500. The summed E-state index contributed by atoms with van der Waals surface area (Å²) in [6.45, 7) is 2.64. The van der Waals surface area contributed by atoms with E-state index in [4.69, 9.17) is 12.2 Å². The minimum absolute atomic E-state index is 0.500. The molecule has 0 fully saturated rings. The summed E-state index contributed by atoms with van der Waals surface area (Å²) in [5.74, 6) is 5.44. The van der Waals surface area contributed by atoms with E-state index in [0.717, 1.165) is 23.6 Å². The molecule has 0 aromatic carbocycles. The van der Waals surface area contributed by atoms with Crippen molar-refractivity contribution in [3.8, 4) is 12.3 Å². The van der Waals surface area contributed by atoms with Crippen molar-refractivity contribution in [2.45, 2.75) is 19.9 Å². The first-order valence-electron chi connectivity index (χ1n) is 4.60. The van der Waals surface area contributed by atoms with Crippen LogP contribution in [0.25, 0.3) is 0 Å². The van der Waals surface area contributed by atoms with Crippen LogP contribution in [0.1, 0.15) is 12.6 Å². The molecule has 0 aliphatic carbocycles. The molecule has 0 bridgehead atoms. The van der Waals surface area contributed by atoms with Crippen molar-refractivity contribution >= 4 is 17.6 Å². The zero-order valence-corrected chi connectivity index (χ0v) is 9.18. The number of nitrogens with zero attached hydrogens (tertiary/aromatic N) is 2. The summed E-state index contributed by atoms with van der Waals surface area (Å²) >= 11 is 1.89. The lowest BCUT2D eigenvalue weighted by molar-refractivity contribution is 0.851. The first-order valence-corrected chi connectivity index (χ1v) is 5.75. The van der Waals surface area contributed by atoms with Gasteiger partial charge in [-0.2, -0.15) is 11.8 Å². The van der Waals surface area contributed by atoms with Crippen molar-refractivity contribution in [2.75, 3.05) is 17.2 Å². The standard InChI is InChI=1S/C10H15N3S/c1-3-6-13-8-12-9(10(13)11)5-7-14-4-2/h1,8H,4-7,11H2,2H3. The number of thioether (sulfide) groups is 1. The average molecular weight is 209 g/mol. The molecule has 2 N–H and O–H groups in total. The Balaban J connectivity index is 2.56. The van der Waals surface area contributed by atoms with E-state index in [2.05, 4.69) is 17.8 Å². The van der Waals surface area contributed by atoms with Crippen molar-refractivity contribution in [1.29, 1.82) is 0 Å². The Morgan fingerprint density at radius 1 is 1.71 bits per heavy atom. The first-order chi connectivity index (χ1) is 6.79. The third kappa shape index (κ3) is 2.71. The minimum atomic E-state index is 0.500. The predicted molar refractivity (Wildman–Crippen MR) is 62.2 cm³/mol. The third-order valence-electron chi connectivity index (χ3n) is 1.91. The highest BCUT2D eigenvalue weighted by atomic mass is 32.2. The van der Waals surface area contributed by atoms with Crippen molar-refractivity contribution in [2.24, 2.45) is 0 Å². The number of terminal acetylenes is 1. The molecule has 1 rings (SSSR count). The Bertz CT molecular complexity index is 325. The SMILES string of the molecule is C#CCn1cnc(CCSCC)c1N. The fourth-order valence-electron chi connectivity index (χ4n) is 1.16. The van der Waals surface area contributed by atoms with E-state index in [0.29, 0.717) is 12.4 Å². The van der Waals surface area contributed by atoms with Gasteiger partial charge in [0.15, 0.2) is 0 Å². The Hall–Kier alpha value is -1.08. The Morgan fingerprint density at radius 3 is 3.14 bits per heavy atom. The summed E-state index contributed by atoms with van der Waals surface area (Å²) in [5, 5.41) is 0. The number of aromatic nitrogens is 2. The topological polar surface area (TPSA) is 43.8 Å². The van der Waals surface area contributed by atoms with Crippen LogP contribution in [0.15, 0.2) is 6.33 Å². The second kappa shape index (κ2) is 5.61. The second-order valence-corrected chi connectivity index (χ2v) is 4.25. The Labute approximate surface area is 89.1 Å². The van der Waals surface area contributed by atoms with E-state index in [-0.39, 0.29) is 0 Å². The van der Waals surface area contributed by atoms with Crippen LogP contribution in [-0.4, -0.2) is 21.1 Å². The van der Waals surface area contributed by atoms with E-state index in [1.807, 2.05) is 11.8 Å². The van der Waals surface area contributed by atoms with E-state index in [9.17, 15) is 0 Å².